The van der Waals surface area contributed by atoms with Gasteiger partial charge in [0.2, 0.25) is 0 Å². The number of rotatable bonds is 0. The molecule has 21 heavy (non-hydrogen) atoms. The summed E-state index contributed by atoms with van der Waals surface area (Å²) in [6, 6.07) is 0. The van der Waals surface area contributed by atoms with Gasteiger partial charge in [-0.1, -0.05) is 25.5 Å². The van der Waals surface area contributed by atoms with Crippen molar-refractivity contribution in [1.29, 1.82) is 0 Å². The topological polar surface area (TPSA) is 37.3 Å². The van der Waals surface area contributed by atoms with Gasteiger partial charge in [0.25, 0.3) is 0 Å². The van der Waals surface area contributed by atoms with Gasteiger partial charge in [0.15, 0.2) is 0 Å². The third kappa shape index (κ3) is 1.78. The molecule has 4 aliphatic carbocycles. The van der Waals surface area contributed by atoms with E-state index in [9.17, 15) is 9.90 Å². The van der Waals surface area contributed by atoms with E-state index in [-0.39, 0.29) is 11.5 Å². The molecule has 0 bridgehead atoms. The van der Waals surface area contributed by atoms with E-state index in [4.69, 9.17) is 0 Å². The lowest BCUT2D eigenvalue weighted by Crippen LogP contribution is -2.48. The van der Waals surface area contributed by atoms with Crippen molar-refractivity contribution >= 4 is 5.78 Å². The number of allylic oxidation sites excluding steroid dienone is 2. The van der Waals surface area contributed by atoms with Crippen LogP contribution >= 0.6 is 0 Å². The first kappa shape index (κ1) is 14.0. The van der Waals surface area contributed by atoms with Gasteiger partial charge in [0, 0.05) is 11.8 Å². The molecule has 0 aromatic heterocycles. The van der Waals surface area contributed by atoms with Crippen LogP contribution in [-0.2, 0) is 4.79 Å². The van der Waals surface area contributed by atoms with Crippen LogP contribution in [0.3, 0.4) is 0 Å². The molecule has 0 aromatic rings. The molecule has 0 heterocycles. The Morgan fingerprint density at radius 1 is 1.14 bits per heavy atom. The molecule has 2 heteroatoms. The first-order valence-corrected chi connectivity index (χ1v) is 8.87. The van der Waals surface area contributed by atoms with E-state index in [1.807, 2.05) is 0 Å². The average molecular weight is 288 g/mol. The minimum absolute atomic E-state index is 0.0639. The molecular formula is C19H28O2. The lowest BCUT2D eigenvalue weighted by Gasteiger charge is -2.55. The summed E-state index contributed by atoms with van der Waals surface area (Å²) in [6.07, 6.45) is 10.8. The number of Topliss-reactive ketones (excluding diaryl/α,β-unsaturated/α-hetero) is 1. The molecule has 3 saturated carbocycles. The van der Waals surface area contributed by atoms with Crippen molar-refractivity contribution in [2.45, 2.75) is 71.3 Å². The molecule has 3 fully saturated rings. The van der Waals surface area contributed by atoms with Crippen molar-refractivity contribution in [3.8, 4) is 0 Å². The predicted octanol–water partition coefficient (Wildman–Crippen LogP) is 3.88. The molecule has 4 aliphatic rings. The maximum Gasteiger partial charge on any atom is 0.139 e. The summed E-state index contributed by atoms with van der Waals surface area (Å²) in [5.74, 6) is 2.40. The second-order valence-electron chi connectivity index (χ2n) is 8.58. The summed E-state index contributed by atoms with van der Waals surface area (Å²) in [5, 5.41) is 10.0. The van der Waals surface area contributed by atoms with E-state index in [1.165, 1.54) is 12.8 Å². The van der Waals surface area contributed by atoms with Gasteiger partial charge in [0.05, 0.1) is 6.10 Å². The van der Waals surface area contributed by atoms with Crippen LogP contribution in [-0.4, -0.2) is 17.0 Å². The maximum absolute atomic E-state index is 12.3. The minimum atomic E-state index is -0.0814. The molecule has 6 atom stereocenters. The number of ketones is 1. The van der Waals surface area contributed by atoms with Gasteiger partial charge in [-0.25, -0.2) is 0 Å². The molecule has 0 radical (unpaired) electrons. The number of carbonyl (C=O) groups is 1. The molecule has 2 nitrogen and oxygen atoms in total. The minimum Gasteiger partial charge on any atom is -0.393 e. The number of fused-ring (bicyclic) bond motifs is 5. The number of carbonyl (C=O) groups excluding carboxylic acids is 1. The zero-order chi connectivity index (χ0) is 14.8. The van der Waals surface area contributed by atoms with Crippen LogP contribution in [0, 0.1) is 28.6 Å². The Balaban J connectivity index is 1.71. The molecule has 116 valence electrons. The monoisotopic (exact) mass is 288 g/mol. The van der Waals surface area contributed by atoms with Crippen molar-refractivity contribution < 1.29 is 9.90 Å². The smallest absolute Gasteiger partial charge is 0.139 e. The Labute approximate surface area is 128 Å². The van der Waals surface area contributed by atoms with Gasteiger partial charge in [-0.3, -0.25) is 4.79 Å². The van der Waals surface area contributed by atoms with Gasteiger partial charge < -0.3 is 5.11 Å². The average Bonchev–Trinajstić information content (AvgIpc) is 2.76. The Kier molecular flexibility index (Phi) is 2.96. The normalized spacial score (nSPS) is 52.7. The standard InChI is InChI=1S/C19H28O2/c1-18-9-7-13(20)11-12(18)3-4-14-15-5-6-17(21)19(15,2)10-8-16(14)18/h8,12-15,20H,3-7,9-11H2,1-2H3/t12-,13-,14?,15?,18+,19+/m1/s1. The lowest BCUT2D eigenvalue weighted by atomic mass is 9.49. The second kappa shape index (κ2) is 4.44. The van der Waals surface area contributed by atoms with Gasteiger partial charge in [-0.15, -0.1) is 0 Å². The van der Waals surface area contributed by atoms with E-state index >= 15 is 0 Å². The Bertz CT molecular complexity index is 508. The van der Waals surface area contributed by atoms with Gasteiger partial charge in [-0.2, -0.15) is 0 Å². The van der Waals surface area contributed by atoms with Crippen LogP contribution in [0.1, 0.15) is 65.2 Å². The van der Waals surface area contributed by atoms with E-state index < -0.39 is 0 Å². The summed E-state index contributed by atoms with van der Waals surface area (Å²) in [6.45, 7) is 4.67. The van der Waals surface area contributed by atoms with Crippen molar-refractivity contribution in [1.82, 2.24) is 0 Å². The highest BCUT2D eigenvalue weighted by atomic mass is 16.3. The van der Waals surface area contributed by atoms with Crippen molar-refractivity contribution in [2.24, 2.45) is 28.6 Å². The second-order valence-corrected chi connectivity index (χ2v) is 8.58. The number of hydrogen-bond donors (Lipinski definition) is 1. The van der Waals surface area contributed by atoms with Crippen LogP contribution < -0.4 is 0 Å². The number of hydrogen-bond acceptors (Lipinski definition) is 2. The van der Waals surface area contributed by atoms with Crippen LogP contribution in [0.25, 0.3) is 0 Å². The number of aliphatic hydroxyl groups is 1. The van der Waals surface area contributed by atoms with E-state index in [0.717, 1.165) is 38.5 Å². The van der Waals surface area contributed by atoms with Crippen LogP contribution in [0.5, 0.6) is 0 Å². The molecule has 2 unspecified atom stereocenters. The van der Waals surface area contributed by atoms with E-state index in [1.54, 1.807) is 5.57 Å². The van der Waals surface area contributed by atoms with E-state index in [0.29, 0.717) is 29.0 Å². The Morgan fingerprint density at radius 3 is 2.76 bits per heavy atom. The fourth-order valence-corrected chi connectivity index (χ4v) is 6.29. The molecule has 0 saturated heterocycles. The molecule has 0 aromatic carbocycles. The lowest BCUT2D eigenvalue weighted by molar-refractivity contribution is -0.127. The molecule has 0 amide bonds. The summed E-state index contributed by atoms with van der Waals surface area (Å²) in [7, 11) is 0. The van der Waals surface area contributed by atoms with E-state index in [2.05, 4.69) is 19.9 Å². The van der Waals surface area contributed by atoms with Crippen molar-refractivity contribution in [3.63, 3.8) is 0 Å². The number of aliphatic hydroxyl groups excluding tert-OH is 1. The van der Waals surface area contributed by atoms with Crippen molar-refractivity contribution in [2.75, 3.05) is 0 Å². The highest BCUT2D eigenvalue weighted by molar-refractivity contribution is 5.87. The molecule has 0 spiro atoms. The largest absolute Gasteiger partial charge is 0.393 e. The summed E-state index contributed by atoms with van der Waals surface area (Å²) < 4.78 is 0. The predicted molar refractivity (Wildman–Crippen MR) is 82.7 cm³/mol. The van der Waals surface area contributed by atoms with Crippen molar-refractivity contribution in [3.05, 3.63) is 11.6 Å². The van der Waals surface area contributed by atoms with Crippen LogP contribution in [0.15, 0.2) is 11.6 Å². The molecule has 0 aliphatic heterocycles. The zero-order valence-corrected chi connectivity index (χ0v) is 13.4. The highest BCUT2D eigenvalue weighted by Crippen LogP contribution is 2.63. The maximum atomic E-state index is 12.3. The quantitative estimate of drug-likeness (QED) is 0.687. The first-order valence-electron chi connectivity index (χ1n) is 8.87. The molecular weight excluding hydrogens is 260 g/mol. The van der Waals surface area contributed by atoms with Gasteiger partial charge in [0.1, 0.15) is 5.78 Å². The Morgan fingerprint density at radius 2 is 1.95 bits per heavy atom. The highest BCUT2D eigenvalue weighted by Gasteiger charge is 2.56. The third-order valence-electron chi connectivity index (χ3n) is 7.71. The fourth-order valence-electron chi connectivity index (χ4n) is 6.29. The summed E-state index contributed by atoms with van der Waals surface area (Å²) in [5.41, 5.74) is 1.91. The zero-order valence-electron chi connectivity index (χ0n) is 13.4. The SMILES string of the molecule is C[C@]12CC=C3C(CC[C@@H]4C[C@H](O)CC[C@]34C)C1CCC2=O. The van der Waals surface area contributed by atoms with Crippen LogP contribution in [0.2, 0.25) is 0 Å². The summed E-state index contributed by atoms with van der Waals surface area (Å²) in [4.78, 5) is 12.3. The first-order chi connectivity index (χ1) is 9.95. The summed E-state index contributed by atoms with van der Waals surface area (Å²) >= 11 is 0. The fraction of sp³-hybridized carbons (Fsp3) is 0.842. The van der Waals surface area contributed by atoms with Gasteiger partial charge in [-0.05, 0) is 68.1 Å². The molecule has 1 N–H and O–H groups in total. The van der Waals surface area contributed by atoms with Crippen LogP contribution in [0.4, 0.5) is 0 Å². The Hall–Kier alpha value is -0.630. The van der Waals surface area contributed by atoms with Gasteiger partial charge >= 0.3 is 0 Å². The third-order valence-corrected chi connectivity index (χ3v) is 7.71. The molecule has 4 rings (SSSR count).